The van der Waals surface area contributed by atoms with Gasteiger partial charge in [-0.3, -0.25) is 19.6 Å². The highest BCUT2D eigenvalue weighted by molar-refractivity contribution is 5.90. The van der Waals surface area contributed by atoms with Crippen LogP contribution in [-0.2, 0) is 4.79 Å². The van der Waals surface area contributed by atoms with Gasteiger partial charge in [0, 0.05) is 31.2 Å². The molecule has 7 heteroatoms. The topological polar surface area (TPSA) is 95.3 Å². The fourth-order valence-corrected chi connectivity index (χ4v) is 3.38. The minimum atomic E-state index is -0.514. The highest BCUT2D eigenvalue weighted by atomic mass is 16.2. The molecular weight excluding hydrogens is 282 g/mol. The number of amides is 2. The highest BCUT2D eigenvalue weighted by Gasteiger charge is 2.26. The van der Waals surface area contributed by atoms with Gasteiger partial charge in [-0.15, -0.1) is 0 Å². The molecule has 0 bridgehead atoms. The second-order valence-electron chi connectivity index (χ2n) is 6.23. The molecule has 0 aliphatic carbocycles. The van der Waals surface area contributed by atoms with Crippen molar-refractivity contribution >= 4 is 11.8 Å². The largest absolute Gasteiger partial charge is 0.364 e. The molecule has 0 radical (unpaired) electrons. The van der Waals surface area contributed by atoms with Gasteiger partial charge in [-0.2, -0.15) is 5.10 Å². The molecular formula is C15H23N5O2. The third-order valence-corrected chi connectivity index (χ3v) is 4.61. The van der Waals surface area contributed by atoms with Crippen LogP contribution in [0.15, 0.2) is 6.07 Å². The smallest absolute Gasteiger partial charge is 0.269 e. The summed E-state index contributed by atoms with van der Waals surface area (Å²) in [6, 6.07) is 1.73. The maximum Gasteiger partial charge on any atom is 0.269 e. The maximum absolute atomic E-state index is 12.3. The van der Waals surface area contributed by atoms with Gasteiger partial charge in [-0.1, -0.05) is 0 Å². The Morgan fingerprint density at radius 3 is 2.73 bits per heavy atom. The number of H-pyrrole nitrogens is 1. The van der Waals surface area contributed by atoms with E-state index < -0.39 is 5.91 Å². The van der Waals surface area contributed by atoms with Crippen molar-refractivity contribution in [2.75, 3.05) is 32.7 Å². The molecule has 120 valence electrons. The van der Waals surface area contributed by atoms with E-state index in [0.29, 0.717) is 6.54 Å². The van der Waals surface area contributed by atoms with Gasteiger partial charge in [0.1, 0.15) is 5.69 Å². The van der Waals surface area contributed by atoms with Crippen molar-refractivity contribution < 1.29 is 9.59 Å². The molecule has 2 aliphatic rings. The summed E-state index contributed by atoms with van der Waals surface area (Å²) in [5, 5.41) is 6.86. The number of aromatic nitrogens is 2. The third-order valence-electron chi connectivity index (χ3n) is 4.61. The Balaban J connectivity index is 1.58. The number of nitrogens with zero attached hydrogens (tertiary/aromatic N) is 3. The molecule has 0 aromatic carbocycles. The summed E-state index contributed by atoms with van der Waals surface area (Å²) in [5.41, 5.74) is 6.45. The lowest BCUT2D eigenvalue weighted by Gasteiger charge is -2.32. The van der Waals surface area contributed by atoms with Crippen molar-refractivity contribution in [1.29, 1.82) is 0 Å². The van der Waals surface area contributed by atoms with Crippen LogP contribution in [0.3, 0.4) is 0 Å². The number of hydrogen-bond donors (Lipinski definition) is 2. The van der Waals surface area contributed by atoms with Crippen LogP contribution in [0.25, 0.3) is 0 Å². The van der Waals surface area contributed by atoms with Crippen LogP contribution in [0.4, 0.5) is 0 Å². The van der Waals surface area contributed by atoms with E-state index in [1.165, 1.54) is 0 Å². The van der Waals surface area contributed by atoms with E-state index >= 15 is 0 Å². The van der Waals surface area contributed by atoms with Crippen LogP contribution >= 0.6 is 0 Å². The van der Waals surface area contributed by atoms with Crippen molar-refractivity contribution in [3.05, 3.63) is 17.5 Å². The van der Waals surface area contributed by atoms with Gasteiger partial charge >= 0.3 is 0 Å². The first kappa shape index (κ1) is 15.0. The lowest BCUT2D eigenvalue weighted by Crippen LogP contribution is -2.43. The van der Waals surface area contributed by atoms with Crippen LogP contribution in [0.5, 0.6) is 0 Å². The molecule has 7 nitrogen and oxygen atoms in total. The predicted octanol–water partition coefficient (Wildman–Crippen LogP) is 0.310. The number of aromatic amines is 1. The number of nitrogens with two attached hydrogens (primary N) is 1. The predicted molar refractivity (Wildman–Crippen MR) is 81.3 cm³/mol. The molecule has 3 rings (SSSR count). The first-order valence-electron chi connectivity index (χ1n) is 7.98. The number of rotatable bonds is 4. The molecule has 0 spiro atoms. The van der Waals surface area contributed by atoms with Crippen molar-refractivity contribution in [1.82, 2.24) is 20.0 Å². The molecule has 0 unspecified atom stereocenters. The summed E-state index contributed by atoms with van der Waals surface area (Å²) in [6.07, 6.45) is 4.33. The summed E-state index contributed by atoms with van der Waals surface area (Å²) < 4.78 is 0. The zero-order valence-corrected chi connectivity index (χ0v) is 12.8. The van der Waals surface area contributed by atoms with E-state index in [0.717, 1.165) is 57.6 Å². The Labute approximate surface area is 129 Å². The molecule has 0 saturated carbocycles. The van der Waals surface area contributed by atoms with Gasteiger partial charge in [-0.25, -0.2) is 0 Å². The minimum Gasteiger partial charge on any atom is -0.364 e. The molecule has 2 saturated heterocycles. The standard InChI is InChI=1S/C15H23N5O2/c16-15(22)13-8-12(17-18-13)11-4-3-5-19(9-11)10-14(21)20-6-1-2-7-20/h8,11H,1-7,9-10H2,(H2,16,22)(H,17,18)/t11-/m0/s1. The normalized spacial score (nSPS) is 22.9. The SMILES string of the molecule is NC(=O)c1cc([C@H]2CCCN(CC(=O)N3CCCC3)C2)[nH]n1. The molecule has 1 aromatic rings. The average molecular weight is 305 g/mol. The first-order valence-corrected chi connectivity index (χ1v) is 7.98. The summed E-state index contributed by atoms with van der Waals surface area (Å²) in [4.78, 5) is 27.6. The Morgan fingerprint density at radius 2 is 2.05 bits per heavy atom. The fraction of sp³-hybridized carbons (Fsp3) is 0.667. The van der Waals surface area contributed by atoms with Crippen LogP contribution < -0.4 is 5.73 Å². The van der Waals surface area contributed by atoms with Gasteiger partial charge in [0.25, 0.3) is 5.91 Å². The molecule has 2 fully saturated rings. The number of primary amides is 1. The lowest BCUT2D eigenvalue weighted by atomic mass is 9.94. The van der Waals surface area contributed by atoms with Crippen molar-refractivity contribution in [2.24, 2.45) is 5.73 Å². The van der Waals surface area contributed by atoms with Gasteiger partial charge < -0.3 is 10.6 Å². The monoisotopic (exact) mass is 305 g/mol. The fourth-order valence-electron chi connectivity index (χ4n) is 3.38. The minimum absolute atomic E-state index is 0.237. The van der Waals surface area contributed by atoms with Crippen molar-refractivity contribution in [3.63, 3.8) is 0 Å². The Hall–Kier alpha value is -1.89. The van der Waals surface area contributed by atoms with E-state index in [-0.39, 0.29) is 17.5 Å². The van der Waals surface area contributed by atoms with Gasteiger partial charge in [0.2, 0.25) is 5.91 Å². The van der Waals surface area contributed by atoms with Crippen LogP contribution in [0, 0.1) is 0 Å². The zero-order chi connectivity index (χ0) is 15.5. The van der Waals surface area contributed by atoms with E-state index in [1.54, 1.807) is 6.07 Å². The first-order chi connectivity index (χ1) is 10.6. The molecule has 2 aliphatic heterocycles. The quantitative estimate of drug-likeness (QED) is 0.837. The van der Waals surface area contributed by atoms with Crippen LogP contribution in [0.1, 0.15) is 47.8 Å². The number of likely N-dealkylation sites (tertiary alicyclic amines) is 2. The number of carbonyl (C=O) groups is 2. The molecule has 1 atom stereocenters. The lowest BCUT2D eigenvalue weighted by molar-refractivity contribution is -0.131. The molecule has 3 N–H and O–H groups in total. The van der Waals surface area contributed by atoms with Crippen molar-refractivity contribution in [3.8, 4) is 0 Å². The maximum atomic E-state index is 12.3. The third kappa shape index (κ3) is 3.30. The number of hydrogen-bond acceptors (Lipinski definition) is 4. The molecule has 1 aromatic heterocycles. The van der Waals surface area contributed by atoms with E-state index in [1.807, 2.05) is 4.90 Å². The van der Waals surface area contributed by atoms with Crippen LogP contribution in [-0.4, -0.2) is 64.5 Å². The Morgan fingerprint density at radius 1 is 1.27 bits per heavy atom. The second kappa shape index (κ2) is 6.48. The average Bonchev–Trinajstić information content (AvgIpc) is 3.19. The number of carbonyl (C=O) groups excluding carboxylic acids is 2. The van der Waals surface area contributed by atoms with Gasteiger partial charge in [-0.05, 0) is 38.3 Å². The number of piperidine rings is 1. The Bertz CT molecular complexity index is 550. The second-order valence-corrected chi connectivity index (χ2v) is 6.23. The van der Waals surface area contributed by atoms with E-state index in [9.17, 15) is 9.59 Å². The summed E-state index contributed by atoms with van der Waals surface area (Å²) in [5.74, 6) is 0.000639. The van der Waals surface area contributed by atoms with E-state index in [2.05, 4.69) is 15.1 Å². The van der Waals surface area contributed by atoms with Crippen LogP contribution in [0.2, 0.25) is 0 Å². The summed E-state index contributed by atoms with van der Waals surface area (Å²) in [7, 11) is 0. The summed E-state index contributed by atoms with van der Waals surface area (Å²) >= 11 is 0. The molecule has 22 heavy (non-hydrogen) atoms. The summed E-state index contributed by atoms with van der Waals surface area (Å²) in [6.45, 7) is 4.07. The highest BCUT2D eigenvalue weighted by Crippen LogP contribution is 2.26. The molecule has 2 amide bonds. The van der Waals surface area contributed by atoms with Gasteiger partial charge in [0.15, 0.2) is 0 Å². The van der Waals surface area contributed by atoms with Gasteiger partial charge in [0.05, 0.1) is 6.54 Å². The van der Waals surface area contributed by atoms with E-state index in [4.69, 9.17) is 5.73 Å². The Kier molecular flexibility index (Phi) is 4.42. The zero-order valence-electron chi connectivity index (χ0n) is 12.8. The molecule has 3 heterocycles. The number of nitrogens with one attached hydrogen (secondary N) is 1. The van der Waals surface area contributed by atoms with Crippen molar-refractivity contribution in [2.45, 2.75) is 31.6 Å².